The molecule has 3 N–H and O–H groups in total. The lowest BCUT2D eigenvalue weighted by Crippen LogP contribution is -2.39. The molecule has 0 saturated carbocycles. The molecule has 152 valence electrons. The van der Waals surface area contributed by atoms with E-state index in [2.05, 4.69) is 0 Å². The average Bonchev–Trinajstić information content (AvgIpc) is 2.65. The summed E-state index contributed by atoms with van der Waals surface area (Å²) < 4.78 is 34.1. The zero-order valence-corrected chi connectivity index (χ0v) is 18.1. The van der Waals surface area contributed by atoms with E-state index in [4.69, 9.17) is 46.4 Å². The maximum absolute atomic E-state index is 13.0. The van der Waals surface area contributed by atoms with Crippen LogP contribution in [-0.4, -0.2) is 23.2 Å². The fraction of sp³-hybridized carbons (Fsp3) is 0.0526. The van der Waals surface area contributed by atoms with Gasteiger partial charge in [-0.1, -0.05) is 82.8 Å². The van der Waals surface area contributed by atoms with Gasteiger partial charge in [0.2, 0.25) is 0 Å². The summed E-state index contributed by atoms with van der Waals surface area (Å²) in [5.74, 6) is -1.36. The average molecular weight is 494 g/mol. The molecule has 3 aromatic rings. The monoisotopic (exact) mass is 492 g/mol. The van der Waals surface area contributed by atoms with Crippen LogP contribution in [0, 0.1) is 0 Å². The summed E-state index contributed by atoms with van der Waals surface area (Å²) in [6.45, 7) is 0. The molecular formula is C19H12Cl4O5S. The van der Waals surface area contributed by atoms with Gasteiger partial charge in [-0.25, -0.2) is 0 Å². The van der Waals surface area contributed by atoms with Gasteiger partial charge in [0.15, 0.2) is 16.2 Å². The Bertz CT molecular complexity index is 1210. The van der Waals surface area contributed by atoms with E-state index in [0.717, 1.165) is 12.1 Å². The zero-order chi connectivity index (χ0) is 21.6. The zero-order valence-electron chi connectivity index (χ0n) is 14.3. The summed E-state index contributed by atoms with van der Waals surface area (Å²) in [6.07, 6.45) is 0. The summed E-state index contributed by atoms with van der Waals surface area (Å²) in [5.41, 5.74) is -0.510. The van der Waals surface area contributed by atoms with Crippen LogP contribution >= 0.6 is 46.4 Å². The Kier molecular flexibility index (Phi) is 5.98. The smallest absolute Gasteiger partial charge is 0.283 e. The maximum atomic E-state index is 13.0. The van der Waals surface area contributed by atoms with Gasteiger partial charge < -0.3 is 10.2 Å². The fourth-order valence-electron chi connectivity index (χ4n) is 3.20. The highest BCUT2D eigenvalue weighted by molar-refractivity contribution is 7.87. The number of rotatable bonds is 4. The molecule has 3 rings (SSSR count). The fourth-order valence-corrected chi connectivity index (χ4v) is 5.74. The van der Waals surface area contributed by atoms with Crippen molar-refractivity contribution in [3.8, 4) is 11.5 Å². The minimum absolute atomic E-state index is 0.0170. The predicted molar refractivity (Wildman–Crippen MR) is 114 cm³/mol. The third kappa shape index (κ3) is 3.44. The summed E-state index contributed by atoms with van der Waals surface area (Å²) in [7, 11) is -5.10. The molecule has 10 heteroatoms. The Morgan fingerprint density at radius 3 is 1.86 bits per heavy atom. The first kappa shape index (κ1) is 22.0. The molecule has 0 aliphatic heterocycles. The number of hydrogen-bond acceptors (Lipinski definition) is 4. The van der Waals surface area contributed by atoms with Crippen molar-refractivity contribution < 1.29 is 23.2 Å². The van der Waals surface area contributed by atoms with Crippen molar-refractivity contribution in [3.05, 3.63) is 91.4 Å². The summed E-state index contributed by atoms with van der Waals surface area (Å²) in [6, 6.07) is 12.3. The van der Waals surface area contributed by atoms with Crippen molar-refractivity contribution in [1.29, 1.82) is 0 Å². The first-order chi connectivity index (χ1) is 13.5. The van der Waals surface area contributed by atoms with E-state index < -0.39 is 31.4 Å². The lowest BCUT2D eigenvalue weighted by atomic mass is 9.83. The van der Waals surface area contributed by atoms with E-state index >= 15 is 0 Å². The molecule has 0 bridgehead atoms. The minimum atomic E-state index is -5.10. The van der Waals surface area contributed by atoms with Gasteiger partial charge in [-0.15, -0.1) is 0 Å². The Morgan fingerprint density at radius 1 is 0.690 bits per heavy atom. The van der Waals surface area contributed by atoms with Gasteiger partial charge in [-0.3, -0.25) is 4.55 Å². The Morgan fingerprint density at radius 2 is 1.24 bits per heavy atom. The molecule has 29 heavy (non-hydrogen) atoms. The van der Waals surface area contributed by atoms with Crippen LogP contribution in [-0.2, 0) is 14.9 Å². The van der Waals surface area contributed by atoms with Gasteiger partial charge in [0.1, 0.15) is 0 Å². The van der Waals surface area contributed by atoms with Crippen LogP contribution in [0.25, 0.3) is 0 Å². The predicted octanol–water partition coefficient (Wildman–Crippen LogP) is 5.89. The molecule has 1 atom stereocenters. The van der Waals surface area contributed by atoms with Crippen LogP contribution in [0.3, 0.4) is 0 Å². The molecule has 0 amide bonds. The number of halogens is 4. The van der Waals surface area contributed by atoms with Crippen LogP contribution in [0.4, 0.5) is 0 Å². The Labute approximate surface area is 186 Å². The third-order valence-electron chi connectivity index (χ3n) is 4.45. The maximum Gasteiger partial charge on any atom is 0.283 e. The quantitative estimate of drug-likeness (QED) is 0.239. The van der Waals surface area contributed by atoms with Crippen LogP contribution in [0.1, 0.15) is 16.7 Å². The van der Waals surface area contributed by atoms with Crippen molar-refractivity contribution in [1.82, 2.24) is 0 Å². The third-order valence-corrected chi connectivity index (χ3v) is 7.41. The van der Waals surface area contributed by atoms with E-state index in [-0.39, 0.29) is 31.8 Å². The van der Waals surface area contributed by atoms with Crippen molar-refractivity contribution in [2.75, 3.05) is 0 Å². The topological polar surface area (TPSA) is 94.8 Å². The van der Waals surface area contributed by atoms with E-state index in [9.17, 15) is 23.2 Å². The van der Waals surface area contributed by atoms with Crippen LogP contribution < -0.4 is 0 Å². The largest absolute Gasteiger partial charge is 0.504 e. The number of aromatic hydroxyl groups is 2. The van der Waals surface area contributed by atoms with Crippen LogP contribution in [0.15, 0.2) is 54.6 Å². The molecular weight excluding hydrogens is 482 g/mol. The summed E-state index contributed by atoms with van der Waals surface area (Å²) in [4.78, 5) is 0. The van der Waals surface area contributed by atoms with Gasteiger partial charge in [-0.05, 0) is 18.2 Å². The highest BCUT2D eigenvalue weighted by Gasteiger charge is 2.52. The Balaban J connectivity index is 2.66. The molecule has 0 aliphatic rings. The lowest BCUT2D eigenvalue weighted by molar-refractivity contribution is 0.402. The minimum Gasteiger partial charge on any atom is -0.504 e. The van der Waals surface area contributed by atoms with Gasteiger partial charge in [0, 0.05) is 21.7 Å². The molecule has 1 unspecified atom stereocenters. The summed E-state index contributed by atoms with van der Waals surface area (Å²) in [5, 5.41) is 19.2. The number of benzene rings is 3. The summed E-state index contributed by atoms with van der Waals surface area (Å²) >= 11 is 25.0. The molecule has 0 heterocycles. The standard InChI is InChI=1S/C19H12Cl4O5S/c20-13-6-2-1-4-10(13)19(29(26,27)28,11-5-3-7-14(21)16(11)22)12-8-9-15(24)18(25)17(12)23/h1-9,24-25H,(H,26,27,28). The molecule has 3 aromatic carbocycles. The number of phenolic OH excluding ortho intramolecular Hbond substituents is 2. The molecule has 5 nitrogen and oxygen atoms in total. The Hall–Kier alpha value is -1.67. The highest BCUT2D eigenvalue weighted by atomic mass is 35.5. The first-order valence-corrected chi connectivity index (χ1v) is 10.9. The second-order valence-corrected chi connectivity index (χ2v) is 9.17. The molecule has 0 saturated heterocycles. The van der Waals surface area contributed by atoms with Gasteiger partial charge in [0.05, 0.1) is 15.1 Å². The molecule has 0 radical (unpaired) electrons. The van der Waals surface area contributed by atoms with E-state index in [1.54, 1.807) is 6.07 Å². The van der Waals surface area contributed by atoms with Crippen molar-refractivity contribution in [3.63, 3.8) is 0 Å². The van der Waals surface area contributed by atoms with Gasteiger partial charge >= 0.3 is 0 Å². The highest BCUT2D eigenvalue weighted by Crippen LogP contribution is 2.53. The number of hydrogen-bond donors (Lipinski definition) is 3. The van der Waals surface area contributed by atoms with Gasteiger partial charge in [0.25, 0.3) is 10.1 Å². The SMILES string of the molecule is O=S(=O)(O)C(c1ccccc1Cl)(c1cccc(Cl)c1Cl)c1ccc(O)c(O)c1Cl. The van der Waals surface area contributed by atoms with Gasteiger partial charge in [-0.2, -0.15) is 8.42 Å². The molecule has 0 fully saturated rings. The van der Waals surface area contributed by atoms with Crippen molar-refractivity contribution >= 4 is 56.5 Å². The van der Waals surface area contributed by atoms with E-state index in [1.807, 2.05) is 0 Å². The first-order valence-electron chi connectivity index (χ1n) is 7.91. The molecule has 0 aliphatic carbocycles. The number of phenols is 2. The normalized spacial score (nSPS) is 13.8. The van der Waals surface area contributed by atoms with E-state index in [1.165, 1.54) is 36.4 Å². The van der Waals surface area contributed by atoms with Crippen LogP contribution in [0.5, 0.6) is 11.5 Å². The van der Waals surface area contributed by atoms with Crippen molar-refractivity contribution in [2.24, 2.45) is 0 Å². The molecule has 0 spiro atoms. The van der Waals surface area contributed by atoms with E-state index in [0.29, 0.717) is 0 Å². The van der Waals surface area contributed by atoms with Crippen molar-refractivity contribution in [2.45, 2.75) is 4.75 Å². The lowest BCUT2D eigenvalue weighted by Gasteiger charge is -2.34. The second kappa shape index (κ2) is 7.87. The van der Waals surface area contributed by atoms with Crippen LogP contribution in [0.2, 0.25) is 20.1 Å². The molecule has 0 aromatic heterocycles. The second-order valence-electron chi connectivity index (χ2n) is 6.03.